The van der Waals surface area contributed by atoms with E-state index in [1.165, 1.54) is 0 Å². The summed E-state index contributed by atoms with van der Waals surface area (Å²) in [5.41, 5.74) is -1.30. The number of nitrogens with zero attached hydrogens (tertiary/aromatic N) is 2. The molecule has 0 aromatic carbocycles. The number of cyclic esters (lactones) is 1. The van der Waals surface area contributed by atoms with Crippen molar-refractivity contribution in [3.8, 4) is 0 Å². The molecule has 5 nitrogen and oxygen atoms in total. The van der Waals surface area contributed by atoms with Gasteiger partial charge in [0.1, 0.15) is 5.54 Å². The molecule has 0 saturated carbocycles. The van der Waals surface area contributed by atoms with E-state index >= 15 is 0 Å². The minimum atomic E-state index is -0.858. The SMILES string of the molecule is CCC(CC)(C1=NC(C)(C)C(=O)C1)C1=NC(C)(C)C(=O)O1. The highest BCUT2D eigenvalue weighted by Gasteiger charge is 2.51. The van der Waals surface area contributed by atoms with Gasteiger partial charge in [-0.05, 0) is 40.5 Å². The zero-order chi connectivity index (χ0) is 16.1. The van der Waals surface area contributed by atoms with E-state index in [0.717, 1.165) is 5.71 Å². The van der Waals surface area contributed by atoms with Crippen molar-refractivity contribution in [3.63, 3.8) is 0 Å². The maximum absolute atomic E-state index is 12.1. The van der Waals surface area contributed by atoms with Crippen molar-refractivity contribution in [2.45, 2.75) is 71.9 Å². The van der Waals surface area contributed by atoms with Gasteiger partial charge in [0.15, 0.2) is 11.3 Å². The first-order valence-electron chi connectivity index (χ1n) is 7.54. The van der Waals surface area contributed by atoms with Crippen LogP contribution in [0.2, 0.25) is 0 Å². The van der Waals surface area contributed by atoms with Gasteiger partial charge in [0.05, 0.1) is 5.41 Å². The topological polar surface area (TPSA) is 68.1 Å². The van der Waals surface area contributed by atoms with Crippen molar-refractivity contribution in [1.82, 2.24) is 0 Å². The second-order valence-electron chi connectivity index (χ2n) is 6.87. The Hall–Kier alpha value is -1.52. The Morgan fingerprint density at radius 1 is 1.05 bits per heavy atom. The molecule has 5 heteroatoms. The van der Waals surface area contributed by atoms with Crippen molar-refractivity contribution in [3.05, 3.63) is 0 Å². The highest BCUT2D eigenvalue weighted by molar-refractivity contribution is 6.22. The lowest BCUT2D eigenvalue weighted by molar-refractivity contribution is -0.138. The Morgan fingerprint density at radius 2 is 1.62 bits per heavy atom. The van der Waals surface area contributed by atoms with Gasteiger partial charge in [0.25, 0.3) is 0 Å². The van der Waals surface area contributed by atoms with Crippen LogP contribution in [0.3, 0.4) is 0 Å². The standard InChI is InChI=1S/C16H24N2O3/c1-7-16(8-2,10-9-11(19)14(3,4)17-10)12-18-15(5,6)13(20)21-12/h7-9H2,1-6H3. The van der Waals surface area contributed by atoms with Crippen molar-refractivity contribution >= 4 is 23.4 Å². The van der Waals surface area contributed by atoms with Gasteiger partial charge in [-0.3, -0.25) is 9.79 Å². The van der Waals surface area contributed by atoms with Crippen LogP contribution in [0.4, 0.5) is 0 Å². The number of hydrogen-bond donors (Lipinski definition) is 0. The molecule has 0 aliphatic carbocycles. The summed E-state index contributed by atoms with van der Waals surface area (Å²) in [4.78, 5) is 33.2. The minimum Gasteiger partial charge on any atom is -0.409 e. The molecule has 0 bridgehead atoms. The molecule has 116 valence electrons. The fraction of sp³-hybridized carbons (Fsp3) is 0.750. The maximum atomic E-state index is 12.1. The van der Waals surface area contributed by atoms with E-state index in [2.05, 4.69) is 9.98 Å². The Bertz CT molecular complexity index is 506. The van der Waals surface area contributed by atoms with Crippen LogP contribution in [-0.2, 0) is 14.3 Å². The van der Waals surface area contributed by atoms with Crippen LogP contribution in [-0.4, -0.2) is 34.4 Å². The number of Topliss-reactive ketones (excluding diaryl/α,β-unsaturated/α-hetero) is 1. The quantitative estimate of drug-likeness (QED) is 0.748. The Balaban J connectivity index is 2.49. The molecule has 0 atom stereocenters. The van der Waals surface area contributed by atoms with E-state index in [1.807, 2.05) is 27.7 Å². The molecule has 2 rings (SSSR count). The Morgan fingerprint density at radius 3 is 1.95 bits per heavy atom. The summed E-state index contributed by atoms with van der Waals surface area (Å²) >= 11 is 0. The van der Waals surface area contributed by atoms with Crippen LogP contribution in [0, 0.1) is 5.41 Å². The van der Waals surface area contributed by atoms with Crippen LogP contribution in [0.1, 0.15) is 60.8 Å². The molecule has 0 aromatic rings. The van der Waals surface area contributed by atoms with Gasteiger partial charge in [0.2, 0.25) is 5.90 Å². The van der Waals surface area contributed by atoms with Gasteiger partial charge < -0.3 is 4.74 Å². The van der Waals surface area contributed by atoms with Gasteiger partial charge in [-0.2, -0.15) is 0 Å². The van der Waals surface area contributed by atoms with Crippen LogP contribution in [0.25, 0.3) is 0 Å². The molecule has 0 amide bonds. The first-order valence-corrected chi connectivity index (χ1v) is 7.54. The van der Waals surface area contributed by atoms with Gasteiger partial charge in [0, 0.05) is 12.1 Å². The zero-order valence-electron chi connectivity index (χ0n) is 13.7. The molecule has 0 fully saturated rings. The van der Waals surface area contributed by atoms with E-state index in [9.17, 15) is 9.59 Å². The summed E-state index contributed by atoms with van der Waals surface area (Å²) in [7, 11) is 0. The number of ketones is 1. The number of carbonyl (C=O) groups excluding carboxylic acids is 2. The molecule has 0 aromatic heterocycles. The second-order valence-corrected chi connectivity index (χ2v) is 6.87. The molecule has 21 heavy (non-hydrogen) atoms. The minimum absolute atomic E-state index is 0.105. The number of carbonyl (C=O) groups is 2. The molecular formula is C16H24N2O3. The molecular weight excluding hydrogens is 268 g/mol. The fourth-order valence-corrected chi connectivity index (χ4v) is 2.91. The predicted molar refractivity (Wildman–Crippen MR) is 81.8 cm³/mol. The lowest BCUT2D eigenvalue weighted by Gasteiger charge is -2.30. The second kappa shape index (κ2) is 4.75. The smallest absolute Gasteiger partial charge is 0.340 e. The molecule has 2 aliphatic heterocycles. The van der Waals surface area contributed by atoms with Crippen LogP contribution in [0.15, 0.2) is 9.98 Å². The number of rotatable bonds is 4. The van der Waals surface area contributed by atoms with E-state index in [1.54, 1.807) is 13.8 Å². The summed E-state index contributed by atoms with van der Waals surface area (Å²) in [6.45, 7) is 11.2. The number of esters is 1. The summed E-state index contributed by atoms with van der Waals surface area (Å²) < 4.78 is 5.46. The van der Waals surface area contributed by atoms with Crippen LogP contribution < -0.4 is 0 Å². The van der Waals surface area contributed by atoms with E-state index < -0.39 is 16.5 Å². The molecule has 0 N–H and O–H groups in total. The molecule has 0 saturated heterocycles. The molecule has 2 heterocycles. The van der Waals surface area contributed by atoms with E-state index in [-0.39, 0.29) is 11.8 Å². The van der Waals surface area contributed by atoms with Gasteiger partial charge in [-0.1, -0.05) is 13.8 Å². The fourth-order valence-electron chi connectivity index (χ4n) is 2.91. The molecule has 0 radical (unpaired) electrons. The lowest BCUT2D eigenvalue weighted by atomic mass is 9.76. The van der Waals surface area contributed by atoms with Crippen molar-refractivity contribution in [1.29, 1.82) is 0 Å². The zero-order valence-corrected chi connectivity index (χ0v) is 13.7. The average Bonchev–Trinajstić information content (AvgIpc) is 2.80. The van der Waals surface area contributed by atoms with Gasteiger partial charge in [-0.25, -0.2) is 9.79 Å². The highest BCUT2D eigenvalue weighted by Crippen LogP contribution is 2.40. The Labute approximate surface area is 125 Å². The predicted octanol–water partition coefficient (Wildman–Crippen LogP) is 2.72. The first-order chi connectivity index (χ1) is 9.59. The van der Waals surface area contributed by atoms with Crippen LogP contribution >= 0.6 is 0 Å². The van der Waals surface area contributed by atoms with Crippen molar-refractivity contribution < 1.29 is 14.3 Å². The Kier molecular flexibility index (Phi) is 3.59. The number of aliphatic imine (C=N–C) groups is 2. The van der Waals surface area contributed by atoms with E-state index in [4.69, 9.17) is 4.74 Å². The highest BCUT2D eigenvalue weighted by atomic mass is 16.6. The number of hydrogen-bond acceptors (Lipinski definition) is 5. The monoisotopic (exact) mass is 292 g/mol. The average molecular weight is 292 g/mol. The number of ether oxygens (including phenoxy) is 1. The molecule has 2 aliphatic rings. The molecule has 0 unspecified atom stereocenters. The first kappa shape index (κ1) is 15.9. The van der Waals surface area contributed by atoms with Gasteiger partial charge in [-0.15, -0.1) is 0 Å². The maximum Gasteiger partial charge on any atom is 0.340 e. The van der Waals surface area contributed by atoms with E-state index in [0.29, 0.717) is 25.2 Å². The normalized spacial score (nSPS) is 23.9. The van der Waals surface area contributed by atoms with Crippen molar-refractivity contribution in [2.24, 2.45) is 15.4 Å². The molecule has 0 spiro atoms. The summed E-state index contributed by atoms with van der Waals surface area (Å²) in [5.74, 6) is 0.188. The summed E-state index contributed by atoms with van der Waals surface area (Å²) in [5, 5.41) is 0. The van der Waals surface area contributed by atoms with Crippen molar-refractivity contribution in [2.75, 3.05) is 0 Å². The third kappa shape index (κ3) is 2.32. The third-order valence-corrected chi connectivity index (χ3v) is 4.66. The summed E-state index contributed by atoms with van der Waals surface area (Å²) in [6.07, 6.45) is 1.72. The largest absolute Gasteiger partial charge is 0.409 e. The van der Waals surface area contributed by atoms with Gasteiger partial charge >= 0.3 is 5.97 Å². The third-order valence-electron chi connectivity index (χ3n) is 4.66. The summed E-state index contributed by atoms with van der Waals surface area (Å²) in [6, 6.07) is 0. The lowest BCUT2D eigenvalue weighted by Crippen LogP contribution is -2.38. The van der Waals surface area contributed by atoms with Crippen LogP contribution in [0.5, 0.6) is 0 Å².